The second kappa shape index (κ2) is 7.90. The molecule has 1 unspecified atom stereocenters. The van der Waals surface area contributed by atoms with Gasteiger partial charge in [-0.3, -0.25) is 14.8 Å². The van der Waals surface area contributed by atoms with Crippen LogP contribution in [0.4, 0.5) is 5.69 Å². The van der Waals surface area contributed by atoms with Crippen LogP contribution in [0.15, 0.2) is 42.6 Å². The minimum atomic E-state index is -0.0208. The van der Waals surface area contributed by atoms with E-state index in [9.17, 15) is 4.79 Å². The van der Waals surface area contributed by atoms with Crippen LogP contribution in [0.2, 0.25) is 0 Å². The first-order chi connectivity index (χ1) is 13.6. The number of anilines is 1. The fourth-order valence-corrected chi connectivity index (χ4v) is 3.67. The molecule has 28 heavy (non-hydrogen) atoms. The van der Waals surface area contributed by atoms with Crippen molar-refractivity contribution in [1.29, 1.82) is 0 Å². The molecule has 0 aliphatic carbocycles. The van der Waals surface area contributed by atoms with Gasteiger partial charge in [0, 0.05) is 30.2 Å². The van der Waals surface area contributed by atoms with E-state index in [4.69, 9.17) is 9.47 Å². The molecule has 1 saturated heterocycles. The van der Waals surface area contributed by atoms with E-state index in [1.54, 1.807) is 20.4 Å². The summed E-state index contributed by atoms with van der Waals surface area (Å²) in [6, 6.07) is 11.6. The number of fused-ring (bicyclic) bond motifs is 1. The molecule has 1 atom stereocenters. The SMILES string of the molecule is COc1cc(CN2CCC(C(=O)Nc3ccc4[nH]ncc4c3)C2)cc(OC)c1. The van der Waals surface area contributed by atoms with Crippen LogP contribution in [0.25, 0.3) is 10.9 Å². The third-order valence-corrected chi connectivity index (χ3v) is 5.17. The number of amides is 1. The third-order valence-electron chi connectivity index (χ3n) is 5.17. The summed E-state index contributed by atoms with van der Waals surface area (Å²) >= 11 is 0. The van der Waals surface area contributed by atoms with Crippen LogP contribution in [0.1, 0.15) is 12.0 Å². The van der Waals surface area contributed by atoms with E-state index in [1.165, 1.54) is 0 Å². The summed E-state index contributed by atoms with van der Waals surface area (Å²) < 4.78 is 10.7. The Morgan fingerprint density at radius 3 is 2.75 bits per heavy atom. The number of likely N-dealkylation sites (tertiary alicyclic amines) is 1. The van der Waals surface area contributed by atoms with Crippen molar-refractivity contribution in [2.75, 3.05) is 32.6 Å². The summed E-state index contributed by atoms with van der Waals surface area (Å²) in [4.78, 5) is 15.0. The number of carbonyl (C=O) groups is 1. The van der Waals surface area contributed by atoms with Crippen LogP contribution >= 0.6 is 0 Å². The summed E-state index contributed by atoms with van der Waals surface area (Å²) in [5, 5.41) is 10.9. The van der Waals surface area contributed by atoms with Crippen molar-refractivity contribution in [3.05, 3.63) is 48.2 Å². The number of aromatic nitrogens is 2. The zero-order valence-electron chi connectivity index (χ0n) is 16.1. The van der Waals surface area contributed by atoms with Crippen LogP contribution in [-0.4, -0.2) is 48.3 Å². The van der Waals surface area contributed by atoms with Gasteiger partial charge in [-0.25, -0.2) is 0 Å². The van der Waals surface area contributed by atoms with Crippen molar-refractivity contribution in [3.8, 4) is 11.5 Å². The van der Waals surface area contributed by atoms with Gasteiger partial charge in [0.1, 0.15) is 11.5 Å². The van der Waals surface area contributed by atoms with Crippen LogP contribution in [0.3, 0.4) is 0 Å². The van der Waals surface area contributed by atoms with Crippen molar-refractivity contribution < 1.29 is 14.3 Å². The van der Waals surface area contributed by atoms with E-state index < -0.39 is 0 Å². The van der Waals surface area contributed by atoms with Crippen molar-refractivity contribution in [3.63, 3.8) is 0 Å². The molecule has 7 heteroatoms. The summed E-state index contributed by atoms with van der Waals surface area (Å²) in [5.41, 5.74) is 2.87. The lowest BCUT2D eigenvalue weighted by Crippen LogP contribution is -2.27. The van der Waals surface area contributed by atoms with E-state index in [1.807, 2.05) is 36.4 Å². The van der Waals surface area contributed by atoms with Crippen molar-refractivity contribution in [1.82, 2.24) is 15.1 Å². The predicted octanol–water partition coefficient (Wildman–Crippen LogP) is 3.04. The Morgan fingerprint density at radius 2 is 2.00 bits per heavy atom. The number of rotatable bonds is 6. The Morgan fingerprint density at radius 1 is 1.21 bits per heavy atom. The largest absolute Gasteiger partial charge is 0.497 e. The number of H-pyrrole nitrogens is 1. The molecular formula is C21H24N4O3. The molecule has 1 fully saturated rings. The fraction of sp³-hybridized carbons (Fsp3) is 0.333. The second-order valence-corrected chi connectivity index (χ2v) is 7.10. The van der Waals surface area contributed by atoms with Gasteiger partial charge < -0.3 is 14.8 Å². The van der Waals surface area contributed by atoms with Crippen LogP contribution < -0.4 is 14.8 Å². The molecule has 0 saturated carbocycles. The van der Waals surface area contributed by atoms with Crippen molar-refractivity contribution in [2.45, 2.75) is 13.0 Å². The van der Waals surface area contributed by atoms with Gasteiger partial charge >= 0.3 is 0 Å². The lowest BCUT2D eigenvalue weighted by Gasteiger charge is -2.17. The number of nitrogens with zero attached hydrogens (tertiary/aromatic N) is 2. The lowest BCUT2D eigenvalue weighted by atomic mass is 10.1. The molecule has 2 N–H and O–H groups in total. The highest BCUT2D eigenvalue weighted by atomic mass is 16.5. The summed E-state index contributed by atoms with van der Waals surface area (Å²) in [6.07, 6.45) is 2.60. The normalized spacial score (nSPS) is 17.0. The number of methoxy groups -OCH3 is 2. The highest BCUT2D eigenvalue weighted by molar-refractivity contribution is 5.95. The number of aromatic amines is 1. The number of hydrogen-bond donors (Lipinski definition) is 2. The molecule has 0 radical (unpaired) electrons. The van der Waals surface area contributed by atoms with E-state index in [2.05, 4.69) is 20.4 Å². The molecule has 0 spiro atoms. The third kappa shape index (κ3) is 3.94. The smallest absolute Gasteiger partial charge is 0.228 e. The first kappa shape index (κ1) is 18.3. The van der Waals surface area contributed by atoms with E-state index >= 15 is 0 Å². The zero-order chi connectivity index (χ0) is 19.5. The van der Waals surface area contributed by atoms with Crippen LogP contribution in [0.5, 0.6) is 11.5 Å². The van der Waals surface area contributed by atoms with Gasteiger partial charge in [-0.1, -0.05) is 0 Å². The Labute approximate surface area is 163 Å². The molecule has 1 aliphatic rings. The average Bonchev–Trinajstić information content (AvgIpc) is 3.36. The maximum absolute atomic E-state index is 12.7. The molecule has 2 aromatic carbocycles. The summed E-state index contributed by atoms with van der Waals surface area (Å²) in [7, 11) is 3.30. The monoisotopic (exact) mass is 380 g/mol. The zero-order valence-corrected chi connectivity index (χ0v) is 16.1. The number of nitrogens with one attached hydrogen (secondary N) is 2. The Kier molecular flexibility index (Phi) is 5.16. The minimum absolute atomic E-state index is 0.0208. The molecule has 1 amide bonds. The van der Waals surface area contributed by atoms with Gasteiger partial charge in [0.05, 0.1) is 31.9 Å². The Hall–Kier alpha value is -3.06. The number of carbonyl (C=O) groups excluding carboxylic acids is 1. The minimum Gasteiger partial charge on any atom is -0.497 e. The fourth-order valence-electron chi connectivity index (χ4n) is 3.67. The lowest BCUT2D eigenvalue weighted by molar-refractivity contribution is -0.119. The van der Waals surface area contributed by atoms with E-state index in [0.29, 0.717) is 0 Å². The van der Waals surface area contributed by atoms with Crippen molar-refractivity contribution in [2.24, 2.45) is 5.92 Å². The molecule has 0 bridgehead atoms. The molecule has 4 rings (SSSR count). The van der Waals surface area contributed by atoms with E-state index in [0.717, 1.165) is 59.7 Å². The van der Waals surface area contributed by atoms with Crippen LogP contribution in [0, 0.1) is 5.92 Å². The summed E-state index contributed by atoms with van der Waals surface area (Å²) in [6.45, 7) is 2.38. The first-order valence-electron chi connectivity index (χ1n) is 9.33. The first-order valence-corrected chi connectivity index (χ1v) is 9.33. The quantitative estimate of drug-likeness (QED) is 0.687. The highest BCUT2D eigenvalue weighted by Gasteiger charge is 2.28. The van der Waals surface area contributed by atoms with Gasteiger partial charge in [0.15, 0.2) is 0 Å². The molecule has 1 aromatic heterocycles. The van der Waals surface area contributed by atoms with E-state index in [-0.39, 0.29) is 11.8 Å². The maximum Gasteiger partial charge on any atom is 0.228 e. The molecule has 7 nitrogen and oxygen atoms in total. The molecular weight excluding hydrogens is 356 g/mol. The number of ether oxygens (including phenoxy) is 2. The Balaban J connectivity index is 1.37. The molecule has 1 aliphatic heterocycles. The Bertz CT molecular complexity index is 962. The number of benzene rings is 2. The van der Waals surface area contributed by atoms with Gasteiger partial charge in [-0.2, -0.15) is 5.10 Å². The molecule has 2 heterocycles. The molecule has 3 aromatic rings. The van der Waals surface area contributed by atoms with Crippen LogP contribution in [-0.2, 0) is 11.3 Å². The van der Waals surface area contributed by atoms with Gasteiger partial charge in [-0.05, 0) is 48.9 Å². The second-order valence-electron chi connectivity index (χ2n) is 7.10. The van der Waals surface area contributed by atoms with Gasteiger partial charge in [0.25, 0.3) is 0 Å². The highest BCUT2D eigenvalue weighted by Crippen LogP contribution is 2.26. The standard InChI is InChI=1S/C21H24N4O3/c1-27-18-7-14(8-19(10-18)28-2)12-25-6-5-15(13-25)21(26)23-17-3-4-20-16(9-17)11-22-24-20/h3-4,7-11,15H,5-6,12-13H2,1-2H3,(H,22,24)(H,23,26). The predicted molar refractivity (Wildman–Crippen MR) is 108 cm³/mol. The number of hydrogen-bond acceptors (Lipinski definition) is 5. The van der Waals surface area contributed by atoms with Gasteiger partial charge in [0.2, 0.25) is 5.91 Å². The van der Waals surface area contributed by atoms with Crippen molar-refractivity contribution >= 4 is 22.5 Å². The van der Waals surface area contributed by atoms with Gasteiger partial charge in [-0.15, -0.1) is 0 Å². The molecule has 146 valence electrons. The average molecular weight is 380 g/mol. The topological polar surface area (TPSA) is 79.5 Å². The maximum atomic E-state index is 12.7. The summed E-state index contributed by atoms with van der Waals surface area (Å²) in [5.74, 6) is 1.59.